The van der Waals surface area contributed by atoms with Gasteiger partial charge in [-0.1, -0.05) is 11.6 Å². The van der Waals surface area contributed by atoms with E-state index in [1.54, 1.807) is 36.6 Å². The van der Waals surface area contributed by atoms with Crippen molar-refractivity contribution in [2.45, 2.75) is 0 Å². The molecule has 0 aliphatic heterocycles. The largest absolute Gasteiger partial charge is 0.463 e. The fourth-order valence-electron chi connectivity index (χ4n) is 1.55. The molecule has 3 aromatic rings. The molecule has 0 aliphatic carbocycles. The highest BCUT2D eigenvalue weighted by atomic mass is 35.5. The summed E-state index contributed by atoms with van der Waals surface area (Å²) >= 11 is 5.68. The van der Waals surface area contributed by atoms with Crippen LogP contribution in [-0.2, 0) is 0 Å². The zero-order valence-corrected chi connectivity index (χ0v) is 9.87. The van der Waals surface area contributed by atoms with Gasteiger partial charge in [0.05, 0.1) is 6.26 Å². The van der Waals surface area contributed by atoms with Crippen molar-refractivity contribution in [3.63, 3.8) is 0 Å². The fraction of sp³-hybridized carbons (Fsp3) is 0. The minimum atomic E-state index is 0.315. The number of furan rings is 1. The summed E-state index contributed by atoms with van der Waals surface area (Å²) in [4.78, 5) is 0. The Morgan fingerprint density at radius 3 is 2.78 bits per heavy atom. The van der Waals surface area contributed by atoms with Crippen LogP contribution in [0.5, 0.6) is 0 Å². The van der Waals surface area contributed by atoms with Crippen molar-refractivity contribution in [2.75, 3.05) is 5.73 Å². The highest BCUT2D eigenvalue weighted by molar-refractivity contribution is 6.29. The number of anilines is 1. The maximum atomic E-state index is 5.88. The molecular formula is C11H8ClN5O. The Balaban J connectivity index is 2.06. The Kier molecular flexibility index (Phi) is 2.49. The minimum absolute atomic E-state index is 0.315. The van der Waals surface area contributed by atoms with Crippen LogP contribution in [0.25, 0.3) is 17.3 Å². The molecule has 90 valence electrons. The van der Waals surface area contributed by atoms with Crippen molar-refractivity contribution in [3.05, 3.63) is 41.7 Å². The number of nitrogen functional groups attached to an aromatic ring is 1. The first kappa shape index (κ1) is 10.8. The first-order valence-corrected chi connectivity index (χ1v) is 5.51. The molecule has 0 amide bonds. The topological polar surface area (TPSA) is 82.8 Å². The Morgan fingerprint density at radius 1 is 1.22 bits per heavy atom. The van der Waals surface area contributed by atoms with E-state index < -0.39 is 0 Å². The van der Waals surface area contributed by atoms with Crippen LogP contribution >= 0.6 is 11.6 Å². The summed E-state index contributed by atoms with van der Waals surface area (Å²) < 4.78 is 6.73. The normalized spacial score (nSPS) is 10.7. The lowest BCUT2D eigenvalue weighted by molar-refractivity contribution is 0.579. The Labute approximate surface area is 107 Å². The predicted octanol–water partition coefficient (Wildman–Crippen LogP) is 2.16. The highest BCUT2D eigenvalue weighted by Crippen LogP contribution is 2.22. The molecule has 0 unspecified atom stereocenters. The SMILES string of the molecule is Nc1cc(-c2ccco2)nn1-c1ccc(Cl)nn1. The second-order valence-electron chi connectivity index (χ2n) is 3.56. The maximum absolute atomic E-state index is 5.88. The van der Waals surface area contributed by atoms with E-state index in [-0.39, 0.29) is 0 Å². The van der Waals surface area contributed by atoms with Gasteiger partial charge in [0.1, 0.15) is 11.5 Å². The van der Waals surface area contributed by atoms with Gasteiger partial charge >= 0.3 is 0 Å². The summed E-state index contributed by atoms with van der Waals surface area (Å²) in [7, 11) is 0. The molecule has 0 fully saturated rings. The lowest BCUT2D eigenvalue weighted by Crippen LogP contribution is -2.04. The number of halogens is 1. The van der Waals surface area contributed by atoms with Gasteiger partial charge in [0, 0.05) is 6.07 Å². The molecule has 0 saturated carbocycles. The molecule has 0 saturated heterocycles. The third-order valence-electron chi connectivity index (χ3n) is 2.35. The molecule has 0 bridgehead atoms. The standard InChI is InChI=1S/C11H8ClN5O/c12-9-3-4-11(15-14-9)17-10(13)6-7(16-17)8-2-1-5-18-8/h1-6H,13H2. The first-order valence-electron chi connectivity index (χ1n) is 5.13. The number of nitrogens with two attached hydrogens (primary N) is 1. The van der Waals surface area contributed by atoms with E-state index in [0.29, 0.717) is 28.2 Å². The molecule has 2 N–H and O–H groups in total. The summed E-state index contributed by atoms with van der Waals surface area (Å²) in [5.41, 5.74) is 6.51. The van der Waals surface area contributed by atoms with Gasteiger partial charge in [-0.05, 0) is 24.3 Å². The van der Waals surface area contributed by atoms with Crippen LogP contribution in [0.15, 0.2) is 41.0 Å². The van der Waals surface area contributed by atoms with Crippen molar-refractivity contribution in [3.8, 4) is 17.3 Å². The Bertz CT molecular complexity index is 659. The molecule has 6 nitrogen and oxygen atoms in total. The van der Waals surface area contributed by atoms with Gasteiger partial charge < -0.3 is 10.2 Å². The molecule has 18 heavy (non-hydrogen) atoms. The van der Waals surface area contributed by atoms with Gasteiger partial charge in [0.15, 0.2) is 16.7 Å². The van der Waals surface area contributed by atoms with Gasteiger partial charge in [-0.15, -0.1) is 10.2 Å². The van der Waals surface area contributed by atoms with Crippen LogP contribution in [0, 0.1) is 0 Å². The lowest BCUT2D eigenvalue weighted by Gasteiger charge is -2.00. The molecule has 3 heterocycles. The molecule has 7 heteroatoms. The summed E-state index contributed by atoms with van der Waals surface area (Å²) in [6.45, 7) is 0. The third kappa shape index (κ3) is 1.82. The molecule has 0 aromatic carbocycles. The second-order valence-corrected chi connectivity index (χ2v) is 3.95. The van der Waals surface area contributed by atoms with Crippen molar-refractivity contribution in [1.29, 1.82) is 0 Å². The molecular weight excluding hydrogens is 254 g/mol. The van der Waals surface area contributed by atoms with Crippen LogP contribution in [0.1, 0.15) is 0 Å². The van der Waals surface area contributed by atoms with Gasteiger partial charge in [-0.3, -0.25) is 0 Å². The number of aromatic nitrogens is 4. The lowest BCUT2D eigenvalue weighted by atomic mass is 10.3. The third-order valence-corrected chi connectivity index (χ3v) is 2.55. The van der Waals surface area contributed by atoms with E-state index >= 15 is 0 Å². The molecule has 0 spiro atoms. The van der Waals surface area contributed by atoms with Crippen molar-refractivity contribution >= 4 is 17.4 Å². The molecule has 0 radical (unpaired) electrons. The van der Waals surface area contributed by atoms with E-state index in [4.69, 9.17) is 21.8 Å². The van der Waals surface area contributed by atoms with Crippen LogP contribution in [-0.4, -0.2) is 20.0 Å². The van der Waals surface area contributed by atoms with E-state index in [1.807, 2.05) is 0 Å². The smallest absolute Gasteiger partial charge is 0.178 e. The quantitative estimate of drug-likeness (QED) is 0.764. The number of nitrogens with zero attached hydrogens (tertiary/aromatic N) is 4. The van der Waals surface area contributed by atoms with E-state index in [0.717, 1.165) is 0 Å². The summed E-state index contributed by atoms with van der Waals surface area (Å²) in [6, 6.07) is 8.60. The van der Waals surface area contributed by atoms with Crippen molar-refractivity contribution in [1.82, 2.24) is 20.0 Å². The van der Waals surface area contributed by atoms with Crippen LogP contribution in [0.4, 0.5) is 5.82 Å². The van der Waals surface area contributed by atoms with Crippen molar-refractivity contribution < 1.29 is 4.42 Å². The zero-order valence-electron chi connectivity index (χ0n) is 9.12. The zero-order chi connectivity index (χ0) is 12.5. The number of hydrogen-bond donors (Lipinski definition) is 1. The van der Waals surface area contributed by atoms with Gasteiger partial charge in [0.25, 0.3) is 0 Å². The first-order chi connectivity index (χ1) is 8.74. The molecule has 3 aromatic heterocycles. The summed E-state index contributed by atoms with van der Waals surface area (Å²) in [5.74, 6) is 1.58. The molecule has 3 rings (SSSR count). The van der Waals surface area contributed by atoms with Crippen LogP contribution in [0.3, 0.4) is 0 Å². The number of hydrogen-bond acceptors (Lipinski definition) is 5. The Hall–Kier alpha value is -2.34. The highest BCUT2D eigenvalue weighted by Gasteiger charge is 2.11. The minimum Gasteiger partial charge on any atom is -0.463 e. The molecule has 0 aliphatic rings. The fourth-order valence-corrected chi connectivity index (χ4v) is 1.65. The average Bonchev–Trinajstić information content (AvgIpc) is 2.99. The van der Waals surface area contributed by atoms with Crippen LogP contribution in [0.2, 0.25) is 5.15 Å². The number of rotatable bonds is 2. The monoisotopic (exact) mass is 261 g/mol. The summed E-state index contributed by atoms with van der Waals surface area (Å²) in [5, 5.41) is 12.3. The predicted molar refractivity (Wildman–Crippen MR) is 66.3 cm³/mol. The summed E-state index contributed by atoms with van der Waals surface area (Å²) in [6.07, 6.45) is 1.58. The van der Waals surface area contributed by atoms with Gasteiger partial charge in [-0.25, -0.2) is 0 Å². The maximum Gasteiger partial charge on any atom is 0.178 e. The second kappa shape index (κ2) is 4.15. The average molecular weight is 262 g/mol. The van der Waals surface area contributed by atoms with E-state index in [1.165, 1.54) is 4.68 Å². The van der Waals surface area contributed by atoms with Crippen molar-refractivity contribution in [2.24, 2.45) is 0 Å². The van der Waals surface area contributed by atoms with Gasteiger partial charge in [-0.2, -0.15) is 9.78 Å². The van der Waals surface area contributed by atoms with E-state index in [9.17, 15) is 0 Å². The Morgan fingerprint density at radius 2 is 2.11 bits per heavy atom. The van der Waals surface area contributed by atoms with Crippen LogP contribution < -0.4 is 5.73 Å². The van der Waals surface area contributed by atoms with E-state index in [2.05, 4.69) is 15.3 Å². The molecule has 0 atom stereocenters. The van der Waals surface area contributed by atoms with Gasteiger partial charge in [0.2, 0.25) is 0 Å².